The topological polar surface area (TPSA) is 156 Å². The summed E-state index contributed by atoms with van der Waals surface area (Å²) in [4.78, 5) is 21.0. The number of nitro benzene ring substituents is 1. The standard InChI is InChI=1S/C27H27F2N7O5S2/c1-16-12-23(34-33-16)30-25-24(41-2)26(35-10-4-3-5-11-35)32-27(31-25)42-22-9-7-18(14-20(22)29)43(39,40)15-17-6-8-21(36(37)38)19(28)13-17/h6-9,12-14H,3-5,10-11,15H2,1-2H3,(H2,30,31,32,33,34). The van der Waals surface area contributed by atoms with Crippen LogP contribution >= 0.6 is 11.8 Å². The Morgan fingerprint density at radius 2 is 1.86 bits per heavy atom. The summed E-state index contributed by atoms with van der Waals surface area (Å²) in [6, 6.07) is 8.04. The number of methoxy groups -OCH3 is 1. The molecule has 0 radical (unpaired) electrons. The van der Waals surface area contributed by atoms with Gasteiger partial charge < -0.3 is 15.0 Å². The molecule has 16 heteroatoms. The molecule has 3 heterocycles. The first-order valence-corrected chi connectivity index (χ1v) is 15.6. The van der Waals surface area contributed by atoms with Crippen molar-refractivity contribution >= 4 is 44.7 Å². The largest absolute Gasteiger partial charge is 0.490 e. The SMILES string of the molecule is COc1c(Nc2cc(C)[nH]n2)nc(Sc2ccc(S(=O)(=O)Cc3ccc([N+](=O)[O-])c(F)c3)cc2F)nc1N1CCCCC1. The molecule has 4 aromatic rings. The number of benzene rings is 2. The molecule has 0 amide bonds. The van der Waals surface area contributed by atoms with E-state index in [2.05, 4.69) is 30.4 Å². The maximum Gasteiger partial charge on any atom is 0.304 e. The van der Waals surface area contributed by atoms with Crippen molar-refractivity contribution in [3.8, 4) is 5.75 Å². The lowest BCUT2D eigenvalue weighted by molar-refractivity contribution is -0.387. The van der Waals surface area contributed by atoms with Gasteiger partial charge in [-0.05, 0) is 67.8 Å². The number of nitro groups is 1. The Kier molecular flexibility index (Phi) is 8.77. The number of aryl methyl sites for hydroxylation is 1. The Bertz CT molecular complexity index is 1780. The van der Waals surface area contributed by atoms with Gasteiger partial charge in [-0.15, -0.1) is 0 Å². The third-order valence-electron chi connectivity index (χ3n) is 6.67. The van der Waals surface area contributed by atoms with Gasteiger partial charge >= 0.3 is 5.69 Å². The predicted octanol–water partition coefficient (Wildman–Crippen LogP) is 5.56. The molecule has 0 spiro atoms. The third kappa shape index (κ3) is 6.85. The second-order valence-corrected chi connectivity index (χ2v) is 12.8. The average molecular weight is 632 g/mol. The van der Waals surface area contributed by atoms with Crippen LogP contribution in [0.1, 0.15) is 30.5 Å². The van der Waals surface area contributed by atoms with Crippen molar-refractivity contribution in [2.75, 3.05) is 30.4 Å². The van der Waals surface area contributed by atoms with Crippen molar-refractivity contribution in [1.82, 2.24) is 20.2 Å². The molecule has 226 valence electrons. The van der Waals surface area contributed by atoms with Crippen molar-refractivity contribution in [2.45, 2.75) is 46.9 Å². The van der Waals surface area contributed by atoms with E-state index < -0.39 is 37.8 Å². The highest BCUT2D eigenvalue weighted by Gasteiger charge is 2.25. The Labute approximate surface area is 250 Å². The molecule has 1 aliphatic rings. The molecule has 1 saturated heterocycles. The highest BCUT2D eigenvalue weighted by molar-refractivity contribution is 7.99. The summed E-state index contributed by atoms with van der Waals surface area (Å²) in [6.45, 7) is 3.38. The first-order chi connectivity index (χ1) is 20.5. The van der Waals surface area contributed by atoms with E-state index in [1.54, 1.807) is 6.07 Å². The van der Waals surface area contributed by atoms with Crippen LogP contribution < -0.4 is 15.0 Å². The fourth-order valence-electron chi connectivity index (χ4n) is 4.61. The lowest BCUT2D eigenvalue weighted by Crippen LogP contribution is -2.31. The van der Waals surface area contributed by atoms with Crippen molar-refractivity contribution in [3.63, 3.8) is 0 Å². The van der Waals surface area contributed by atoms with Crippen LogP contribution in [-0.4, -0.2) is 53.7 Å². The van der Waals surface area contributed by atoms with E-state index in [0.717, 1.165) is 74.1 Å². The van der Waals surface area contributed by atoms with E-state index in [-0.39, 0.29) is 20.5 Å². The molecule has 12 nitrogen and oxygen atoms in total. The van der Waals surface area contributed by atoms with E-state index in [0.29, 0.717) is 23.2 Å². The van der Waals surface area contributed by atoms with E-state index >= 15 is 4.39 Å². The number of piperidine rings is 1. The van der Waals surface area contributed by atoms with Gasteiger partial charge in [0.05, 0.1) is 27.6 Å². The molecule has 0 unspecified atom stereocenters. The number of halogens is 2. The summed E-state index contributed by atoms with van der Waals surface area (Å²) in [5.74, 6) is -0.852. The predicted molar refractivity (Wildman–Crippen MR) is 156 cm³/mol. The molecule has 1 aliphatic heterocycles. The van der Waals surface area contributed by atoms with Crippen molar-refractivity contribution in [1.29, 1.82) is 0 Å². The Morgan fingerprint density at radius 1 is 1.09 bits per heavy atom. The van der Waals surface area contributed by atoms with Gasteiger partial charge in [0.25, 0.3) is 0 Å². The third-order valence-corrected chi connectivity index (χ3v) is 9.27. The van der Waals surface area contributed by atoms with Gasteiger partial charge in [-0.25, -0.2) is 22.8 Å². The van der Waals surface area contributed by atoms with Gasteiger partial charge in [-0.3, -0.25) is 15.2 Å². The molecule has 0 aliphatic carbocycles. The molecule has 0 bridgehead atoms. The molecule has 1 fully saturated rings. The number of anilines is 3. The molecule has 2 N–H and O–H groups in total. The minimum Gasteiger partial charge on any atom is -0.490 e. The molecule has 2 aromatic heterocycles. The minimum absolute atomic E-state index is 0.00836. The maximum atomic E-state index is 15.3. The molecule has 5 rings (SSSR count). The van der Waals surface area contributed by atoms with Crippen LogP contribution in [0.3, 0.4) is 0 Å². The van der Waals surface area contributed by atoms with Gasteiger partial charge in [-0.1, -0.05) is 6.07 Å². The van der Waals surface area contributed by atoms with Gasteiger partial charge in [0, 0.05) is 30.9 Å². The maximum absolute atomic E-state index is 15.3. The highest BCUT2D eigenvalue weighted by Crippen LogP contribution is 2.39. The molecule has 0 saturated carbocycles. The minimum atomic E-state index is -4.11. The number of hydrogen-bond donors (Lipinski definition) is 2. The van der Waals surface area contributed by atoms with Crippen LogP contribution in [0.15, 0.2) is 57.4 Å². The number of nitrogens with zero attached hydrogens (tertiary/aromatic N) is 5. The lowest BCUT2D eigenvalue weighted by Gasteiger charge is -2.29. The number of sulfone groups is 1. The Hall–Kier alpha value is -4.31. The smallest absolute Gasteiger partial charge is 0.304 e. The summed E-state index contributed by atoms with van der Waals surface area (Å²) in [7, 11) is -2.59. The quantitative estimate of drug-likeness (QED) is 0.128. The second-order valence-electron chi connectivity index (χ2n) is 9.82. The van der Waals surface area contributed by atoms with E-state index in [9.17, 15) is 22.9 Å². The highest BCUT2D eigenvalue weighted by atomic mass is 32.2. The van der Waals surface area contributed by atoms with Crippen LogP contribution in [0, 0.1) is 28.7 Å². The monoisotopic (exact) mass is 631 g/mol. The summed E-state index contributed by atoms with van der Waals surface area (Å²) in [5, 5.41) is 21.2. The molecule has 43 heavy (non-hydrogen) atoms. The zero-order valence-corrected chi connectivity index (χ0v) is 24.8. The Balaban J connectivity index is 1.43. The van der Waals surface area contributed by atoms with Crippen molar-refractivity contribution in [3.05, 3.63) is 75.5 Å². The molecular formula is C27H27F2N7O5S2. The summed E-state index contributed by atoms with van der Waals surface area (Å²) >= 11 is 0.915. The zero-order valence-electron chi connectivity index (χ0n) is 23.1. The van der Waals surface area contributed by atoms with Gasteiger partial charge in [0.2, 0.25) is 11.6 Å². The number of nitrogens with one attached hydrogen (secondary N) is 2. The number of aromatic amines is 1. The van der Waals surface area contributed by atoms with Crippen LogP contribution in [0.2, 0.25) is 0 Å². The number of ether oxygens (including phenoxy) is 1. The summed E-state index contributed by atoms with van der Waals surface area (Å²) in [6.07, 6.45) is 3.06. The second kappa shape index (κ2) is 12.5. The number of H-pyrrole nitrogens is 1. The van der Waals surface area contributed by atoms with Crippen LogP contribution in [0.4, 0.5) is 31.9 Å². The fraction of sp³-hybridized carbons (Fsp3) is 0.296. The van der Waals surface area contributed by atoms with Crippen molar-refractivity contribution < 1.29 is 26.9 Å². The summed E-state index contributed by atoms with van der Waals surface area (Å²) < 4.78 is 61.0. The van der Waals surface area contributed by atoms with Crippen molar-refractivity contribution in [2.24, 2.45) is 0 Å². The normalized spacial score (nSPS) is 13.6. The van der Waals surface area contributed by atoms with E-state index in [1.807, 2.05) is 6.92 Å². The van der Waals surface area contributed by atoms with Crippen LogP contribution in [0.25, 0.3) is 0 Å². The molecular weight excluding hydrogens is 604 g/mol. The first kappa shape index (κ1) is 30.2. The van der Waals surface area contributed by atoms with E-state index in [4.69, 9.17) is 4.74 Å². The lowest BCUT2D eigenvalue weighted by atomic mass is 10.1. The fourth-order valence-corrected chi connectivity index (χ4v) is 6.71. The number of hydrogen-bond acceptors (Lipinski definition) is 11. The van der Waals surface area contributed by atoms with Crippen LogP contribution in [-0.2, 0) is 15.6 Å². The van der Waals surface area contributed by atoms with E-state index in [1.165, 1.54) is 19.2 Å². The number of aromatic nitrogens is 4. The van der Waals surface area contributed by atoms with Gasteiger partial charge in [0.15, 0.2) is 32.4 Å². The first-order valence-electron chi connectivity index (χ1n) is 13.2. The average Bonchev–Trinajstić information content (AvgIpc) is 3.38. The zero-order chi connectivity index (χ0) is 30.7. The number of rotatable bonds is 10. The van der Waals surface area contributed by atoms with Gasteiger partial charge in [0.1, 0.15) is 5.82 Å². The molecule has 2 aromatic carbocycles. The summed E-state index contributed by atoms with van der Waals surface area (Å²) in [5.41, 5.74) is 0.0544. The Morgan fingerprint density at radius 3 is 2.49 bits per heavy atom. The molecule has 0 atom stereocenters. The van der Waals surface area contributed by atoms with Crippen LogP contribution in [0.5, 0.6) is 5.75 Å². The van der Waals surface area contributed by atoms with Gasteiger partial charge in [-0.2, -0.15) is 9.49 Å².